The highest BCUT2D eigenvalue weighted by Crippen LogP contribution is 2.38. The van der Waals surface area contributed by atoms with Gasteiger partial charge in [0.05, 0.1) is 4.92 Å². The minimum atomic E-state index is -4.90. The number of carbonyl (C=O) groups is 1. The van der Waals surface area contributed by atoms with Crippen molar-refractivity contribution in [3.63, 3.8) is 0 Å². The summed E-state index contributed by atoms with van der Waals surface area (Å²) in [4.78, 5) is 22.7. The molecule has 0 bridgehead atoms. The predicted molar refractivity (Wildman–Crippen MR) is 72.6 cm³/mol. The Morgan fingerprint density at radius 3 is 2.27 bits per heavy atom. The lowest BCUT2D eigenvalue weighted by Gasteiger charge is -2.28. The number of hydrogen-bond donors (Lipinski definition) is 0. The summed E-state index contributed by atoms with van der Waals surface area (Å²) in [7, 11) is 2.56. The van der Waals surface area contributed by atoms with Gasteiger partial charge in [-0.05, 0) is 26.0 Å². The van der Waals surface area contributed by atoms with Crippen LogP contribution in [0.3, 0.4) is 0 Å². The summed E-state index contributed by atoms with van der Waals surface area (Å²) in [6, 6.07) is 2.38. The van der Waals surface area contributed by atoms with Crippen LogP contribution >= 0.6 is 0 Å². The highest BCUT2D eigenvalue weighted by atomic mass is 19.4. The van der Waals surface area contributed by atoms with Gasteiger partial charge in [-0.2, -0.15) is 13.2 Å². The molecule has 0 atom stereocenters. The summed E-state index contributed by atoms with van der Waals surface area (Å²) >= 11 is 0. The highest BCUT2D eigenvalue weighted by molar-refractivity contribution is 5.98. The molecule has 0 radical (unpaired) electrons. The molecule has 9 heteroatoms. The van der Waals surface area contributed by atoms with E-state index in [9.17, 15) is 28.1 Å². The van der Waals surface area contributed by atoms with Gasteiger partial charge in [-0.3, -0.25) is 14.9 Å². The van der Waals surface area contributed by atoms with Crippen LogP contribution in [0.1, 0.15) is 19.4 Å². The first kappa shape index (κ1) is 17.9. The molecule has 0 aliphatic heterocycles. The summed E-state index contributed by atoms with van der Waals surface area (Å²) in [5, 5.41) is 10.7. The molecule has 0 heterocycles. The lowest BCUT2D eigenvalue weighted by molar-refractivity contribution is -0.388. The van der Waals surface area contributed by atoms with Gasteiger partial charge in [0.25, 0.3) is 11.6 Å². The van der Waals surface area contributed by atoms with Crippen molar-refractivity contribution in [1.82, 2.24) is 0 Å². The standard InChI is InChI=1S/C13H15F3N2O4/c1-12(2,22-4)11(19)17(3)8-5-6-10(18(20)21)9(7-8)13(14,15)16/h5-7H,1-4H3. The molecule has 0 unspecified atom stereocenters. The van der Waals surface area contributed by atoms with Gasteiger partial charge < -0.3 is 9.64 Å². The van der Waals surface area contributed by atoms with Crippen LogP contribution in [0.5, 0.6) is 0 Å². The summed E-state index contributed by atoms with van der Waals surface area (Å²) < 4.78 is 43.7. The lowest BCUT2D eigenvalue weighted by atomic mass is 10.1. The van der Waals surface area contributed by atoms with Gasteiger partial charge in [-0.1, -0.05) is 0 Å². The second-order valence-corrected chi connectivity index (χ2v) is 5.03. The van der Waals surface area contributed by atoms with Crippen LogP contribution in [0.15, 0.2) is 18.2 Å². The van der Waals surface area contributed by atoms with E-state index in [0.29, 0.717) is 6.07 Å². The lowest BCUT2D eigenvalue weighted by Crippen LogP contribution is -2.44. The van der Waals surface area contributed by atoms with Crippen LogP contribution in [-0.2, 0) is 15.7 Å². The number of likely N-dealkylation sites (N-methyl/N-ethyl adjacent to an activating group) is 1. The molecule has 0 saturated carbocycles. The topological polar surface area (TPSA) is 72.7 Å². The zero-order chi connectivity index (χ0) is 17.3. The first-order chi connectivity index (χ1) is 9.91. The normalized spacial score (nSPS) is 12.1. The number of nitro groups is 1. The molecule has 0 aliphatic carbocycles. The minimum Gasteiger partial charge on any atom is -0.369 e. The average Bonchev–Trinajstić information content (AvgIpc) is 2.43. The van der Waals surface area contributed by atoms with E-state index in [1.165, 1.54) is 28.0 Å². The van der Waals surface area contributed by atoms with Gasteiger partial charge in [0, 0.05) is 25.9 Å². The Bertz CT molecular complexity index is 599. The first-order valence-electron chi connectivity index (χ1n) is 6.10. The molecule has 1 rings (SSSR count). The van der Waals surface area contributed by atoms with E-state index in [2.05, 4.69) is 0 Å². The fourth-order valence-corrected chi connectivity index (χ4v) is 1.73. The monoisotopic (exact) mass is 320 g/mol. The van der Waals surface area contributed by atoms with Crippen molar-refractivity contribution < 1.29 is 27.6 Å². The molecule has 1 aromatic carbocycles. The van der Waals surface area contributed by atoms with Gasteiger partial charge in [0.15, 0.2) is 0 Å². The molecular weight excluding hydrogens is 305 g/mol. The van der Waals surface area contributed by atoms with Crippen LogP contribution in [-0.4, -0.2) is 30.6 Å². The smallest absolute Gasteiger partial charge is 0.369 e. The second kappa shape index (κ2) is 5.91. The fourth-order valence-electron chi connectivity index (χ4n) is 1.73. The Hall–Kier alpha value is -2.16. The molecule has 1 aromatic rings. The Kier molecular flexibility index (Phi) is 4.81. The van der Waals surface area contributed by atoms with Crippen LogP contribution in [0, 0.1) is 10.1 Å². The van der Waals surface area contributed by atoms with Crippen molar-refractivity contribution >= 4 is 17.3 Å². The number of carbonyl (C=O) groups excluding carboxylic acids is 1. The average molecular weight is 320 g/mol. The van der Waals surface area contributed by atoms with Crippen LogP contribution in [0.2, 0.25) is 0 Å². The third kappa shape index (κ3) is 3.53. The maximum atomic E-state index is 12.9. The number of ether oxygens (including phenoxy) is 1. The first-order valence-corrected chi connectivity index (χ1v) is 6.10. The predicted octanol–water partition coefficient (Wildman–Crippen LogP) is 3.00. The molecule has 0 aliphatic rings. The molecule has 0 spiro atoms. The van der Waals surface area contributed by atoms with E-state index < -0.39 is 33.9 Å². The molecular formula is C13H15F3N2O4. The van der Waals surface area contributed by atoms with Gasteiger partial charge in [0.2, 0.25) is 0 Å². The largest absolute Gasteiger partial charge is 0.423 e. The minimum absolute atomic E-state index is 0.118. The van der Waals surface area contributed by atoms with Crippen molar-refractivity contribution in [1.29, 1.82) is 0 Å². The van der Waals surface area contributed by atoms with Crippen LogP contribution in [0.25, 0.3) is 0 Å². The van der Waals surface area contributed by atoms with E-state index in [4.69, 9.17) is 4.74 Å². The van der Waals surface area contributed by atoms with E-state index in [-0.39, 0.29) is 5.69 Å². The molecule has 0 N–H and O–H groups in total. The van der Waals surface area contributed by atoms with E-state index in [1.807, 2.05) is 0 Å². The van der Waals surface area contributed by atoms with Crippen molar-refractivity contribution in [2.24, 2.45) is 0 Å². The van der Waals surface area contributed by atoms with Gasteiger partial charge >= 0.3 is 6.18 Å². The summed E-state index contributed by atoms with van der Waals surface area (Å²) in [5.74, 6) is -0.586. The van der Waals surface area contributed by atoms with E-state index in [0.717, 1.165) is 17.0 Å². The number of alkyl halides is 3. The highest BCUT2D eigenvalue weighted by Gasteiger charge is 2.39. The van der Waals surface area contributed by atoms with E-state index in [1.54, 1.807) is 0 Å². The number of halogens is 3. The van der Waals surface area contributed by atoms with Gasteiger partial charge in [-0.25, -0.2) is 0 Å². The maximum absolute atomic E-state index is 12.9. The fraction of sp³-hybridized carbons (Fsp3) is 0.462. The molecule has 0 fully saturated rings. The van der Waals surface area contributed by atoms with Crippen molar-refractivity contribution in [2.75, 3.05) is 19.1 Å². The Morgan fingerprint density at radius 2 is 1.86 bits per heavy atom. The molecule has 0 saturated heterocycles. The van der Waals surface area contributed by atoms with Gasteiger partial charge in [0.1, 0.15) is 11.2 Å². The number of hydrogen-bond acceptors (Lipinski definition) is 4. The van der Waals surface area contributed by atoms with Gasteiger partial charge in [-0.15, -0.1) is 0 Å². The number of nitrogens with zero attached hydrogens (tertiary/aromatic N) is 2. The molecule has 1 amide bonds. The van der Waals surface area contributed by atoms with Crippen molar-refractivity contribution in [2.45, 2.75) is 25.6 Å². The number of rotatable bonds is 4. The number of amides is 1. The molecule has 22 heavy (non-hydrogen) atoms. The summed E-state index contributed by atoms with van der Waals surface area (Å²) in [5.41, 5.74) is -3.84. The molecule has 6 nitrogen and oxygen atoms in total. The number of methoxy groups -OCH3 is 1. The quantitative estimate of drug-likeness (QED) is 0.631. The number of benzene rings is 1. The van der Waals surface area contributed by atoms with E-state index >= 15 is 0 Å². The van der Waals surface area contributed by atoms with Crippen LogP contribution in [0.4, 0.5) is 24.5 Å². The SMILES string of the molecule is COC(C)(C)C(=O)N(C)c1ccc([N+](=O)[O-])c(C(F)(F)F)c1. The number of anilines is 1. The Balaban J connectivity index is 3.34. The summed E-state index contributed by atoms with van der Waals surface area (Å²) in [6.07, 6.45) is -4.90. The molecule has 0 aromatic heterocycles. The third-order valence-electron chi connectivity index (χ3n) is 3.20. The maximum Gasteiger partial charge on any atom is 0.423 e. The van der Waals surface area contributed by atoms with Crippen molar-refractivity contribution in [3.8, 4) is 0 Å². The second-order valence-electron chi connectivity index (χ2n) is 5.03. The number of nitro benzene ring substituents is 1. The Morgan fingerprint density at radius 1 is 1.32 bits per heavy atom. The Labute approximate surface area is 124 Å². The zero-order valence-corrected chi connectivity index (χ0v) is 12.4. The van der Waals surface area contributed by atoms with Crippen molar-refractivity contribution in [3.05, 3.63) is 33.9 Å². The summed E-state index contributed by atoms with van der Waals surface area (Å²) in [6.45, 7) is 2.92. The van der Waals surface area contributed by atoms with Crippen LogP contribution < -0.4 is 4.90 Å². The third-order valence-corrected chi connectivity index (χ3v) is 3.20. The zero-order valence-electron chi connectivity index (χ0n) is 12.4. The molecule has 122 valence electrons.